The second-order valence-corrected chi connectivity index (χ2v) is 3.69. The van der Waals surface area contributed by atoms with Crippen molar-refractivity contribution in [1.29, 1.82) is 0 Å². The summed E-state index contributed by atoms with van der Waals surface area (Å²) in [7, 11) is 0. The third-order valence-electron chi connectivity index (χ3n) is 1.51. The maximum Gasteiger partial charge on any atom is 0.166 e. The van der Waals surface area contributed by atoms with Crippen LogP contribution in [0, 0.1) is 13.8 Å². The van der Waals surface area contributed by atoms with E-state index in [1.165, 1.54) is 5.54 Å². The van der Waals surface area contributed by atoms with Crippen LogP contribution >= 0.6 is 23.4 Å². The summed E-state index contributed by atoms with van der Waals surface area (Å²) in [5, 5.41) is 0.958. The van der Waals surface area contributed by atoms with E-state index in [0.717, 1.165) is 22.3 Å². The Balaban J connectivity index is 2.52. The SMILES string of the molecule is Cc1nc(SC/C=C/Cl)[nH]c1C. The molecule has 1 rings (SSSR count). The number of hydrogen-bond donors (Lipinski definition) is 1. The summed E-state index contributed by atoms with van der Waals surface area (Å²) in [5.41, 5.74) is 3.72. The molecule has 0 unspecified atom stereocenters. The smallest absolute Gasteiger partial charge is 0.166 e. The minimum atomic E-state index is 0.857. The van der Waals surface area contributed by atoms with Crippen LogP contribution in [0.1, 0.15) is 11.4 Å². The van der Waals surface area contributed by atoms with Gasteiger partial charge in [0.1, 0.15) is 0 Å². The normalized spacial score (nSPS) is 11.2. The van der Waals surface area contributed by atoms with Crippen molar-refractivity contribution in [2.45, 2.75) is 19.0 Å². The summed E-state index contributed by atoms with van der Waals surface area (Å²) in [4.78, 5) is 7.49. The molecule has 0 saturated carbocycles. The summed E-state index contributed by atoms with van der Waals surface area (Å²) >= 11 is 7.02. The first kappa shape index (κ1) is 9.68. The zero-order valence-electron chi connectivity index (χ0n) is 7.10. The molecule has 0 radical (unpaired) electrons. The molecule has 0 aliphatic carbocycles. The minimum absolute atomic E-state index is 0.857. The van der Waals surface area contributed by atoms with Crippen LogP contribution in [0.25, 0.3) is 0 Å². The van der Waals surface area contributed by atoms with Gasteiger partial charge < -0.3 is 4.98 Å². The zero-order valence-corrected chi connectivity index (χ0v) is 8.67. The number of aromatic amines is 1. The van der Waals surface area contributed by atoms with Crippen LogP contribution in [-0.2, 0) is 0 Å². The molecule has 0 aliphatic heterocycles. The molecule has 4 heteroatoms. The number of thioether (sulfide) groups is 1. The molecule has 0 spiro atoms. The maximum absolute atomic E-state index is 5.38. The highest BCUT2D eigenvalue weighted by molar-refractivity contribution is 7.99. The Bertz CT molecular complexity index is 261. The second-order valence-electron chi connectivity index (χ2n) is 2.43. The van der Waals surface area contributed by atoms with E-state index in [0.29, 0.717) is 0 Å². The fraction of sp³-hybridized carbons (Fsp3) is 0.375. The largest absolute Gasteiger partial charge is 0.337 e. The first-order valence-corrected chi connectivity index (χ1v) is 5.07. The molecule has 0 saturated heterocycles. The van der Waals surface area contributed by atoms with Crippen molar-refractivity contribution in [3.8, 4) is 0 Å². The van der Waals surface area contributed by atoms with E-state index in [9.17, 15) is 0 Å². The van der Waals surface area contributed by atoms with Gasteiger partial charge in [-0.15, -0.1) is 0 Å². The minimum Gasteiger partial charge on any atom is -0.337 e. The highest BCUT2D eigenvalue weighted by Gasteiger charge is 2.00. The highest BCUT2D eigenvalue weighted by Crippen LogP contribution is 2.15. The standard InChI is InChI=1S/C8H11ClN2S/c1-6-7(2)11-8(10-6)12-5-3-4-9/h3-4H,5H2,1-2H3,(H,10,11)/b4-3+. The Morgan fingerprint density at radius 1 is 1.58 bits per heavy atom. The van der Waals surface area contributed by atoms with Crippen molar-refractivity contribution >= 4 is 23.4 Å². The summed E-state index contributed by atoms with van der Waals surface area (Å²) in [6, 6.07) is 0. The summed E-state index contributed by atoms with van der Waals surface area (Å²) in [6.07, 6.45) is 1.89. The Hall–Kier alpha value is -0.410. The fourth-order valence-electron chi connectivity index (χ4n) is 0.747. The average molecular weight is 203 g/mol. The monoisotopic (exact) mass is 202 g/mol. The summed E-state index contributed by atoms with van der Waals surface area (Å²) < 4.78 is 0. The molecule has 1 aromatic rings. The molecule has 0 bridgehead atoms. The van der Waals surface area contributed by atoms with E-state index in [1.54, 1.807) is 11.8 Å². The molecule has 0 aliphatic rings. The Morgan fingerprint density at radius 2 is 2.33 bits per heavy atom. The lowest BCUT2D eigenvalue weighted by molar-refractivity contribution is 1.04. The van der Waals surface area contributed by atoms with Crippen LogP contribution in [0.3, 0.4) is 0 Å². The van der Waals surface area contributed by atoms with E-state index in [-0.39, 0.29) is 0 Å². The third kappa shape index (κ3) is 2.57. The highest BCUT2D eigenvalue weighted by atomic mass is 35.5. The molecule has 0 amide bonds. The van der Waals surface area contributed by atoms with Gasteiger partial charge in [-0.1, -0.05) is 29.4 Å². The van der Waals surface area contributed by atoms with Gasteiger partial charge in [-0.3, -0.25) is 0 Å². The van der Waals surface area contributed by atoms with Crippen LogP contribution in [0.5, 0.6) is 0 Å². The van der Waals surface area contributed by atoms with E-state index in [2.05, 4.69) is 9.97 Å². The van der Waals surface area contributed by atoms with Crippen LogP contribution in [0.4, 0.5) is 0 Å². The number of rotatable bonds is 3. The topological polar surface area (TPSA) is 28.7 Å². The van der Waals surface area contributed by atoms with E-state index < -0.39 is 0 Å². The maximum atomic E-state index is 5.38. The van der Waals surface area contributed by atoms with E-state index in [1.807, 2.05) is 19.9 Å². The van der Waals surface area contributed by atoms with Gasteiger partial charge in [-0.05, 0) is 13.8 Å². The van der Waals surface area contributed by atoms with Crippen molar-refractivity contribution in [2.75, 3.05) is 5.75 Å². The van der Waals surface area contributed by atoms with Gasteiger partial charge in [0.15, 0.2) is 5.16 Å². The van der Waals surface area contributed by atoms with Gasteiger partial charge in [0.25, 0.3) is 0 Å². The Kier molecular flexibility index (Phi) is 3.69. The summed E-state index contributed by atoms with van der Waals surface area (Å²) in [5.74, 6) is 0.857. The molecule has 1 N–H and O–H groups in total. The molecule has 0 aromatic carbocycles. The number of nitrogens with zero attached hydrogens (tertiary/aromatic N) is 1. The molecular weight excluding hydrogens is 192 g/mol. The van der Waals surface area contributed by atoms with Gasteiger partial charge in [-0.2, -0.15) is 0 Å². The van der Waals surface area contributed by atoms with E-state index in [4.69, 9.17) is 11.6 Å². The molecule has 66 valence electrons. The first-order valence-electron chi connectivity index (χ1n) is 3.65. The number of imidazole rings is 1. The van der Waals surface area contributed by atoms with E-state index >= 15 is 0 Å². The fourth-order valence-corrected chi connectivity index (χ4v) is 1.72. The molecule has 1 heterocycles. The number of hydrogen-bond acceptors (Lipinski definition) is 2. The molecule has 0 atom stereocenters. The van der Waals surface area contributed by atoms with Crippen LogP contribution < -0.4 is 0 Å². The predicted molar refractivity (Wildman–Crippen MR) is 53.8 cm³/mol. The van der Waals surface area contributed by atoms with Crippen LogP contribution in [-0.4, -0.2) is 15.7 Å². The average Bonchev–Trinajstić information content (AvgIpc) is 2.32. The third-order valence-corrected chi connectivity index (χ3v) is 2.52. The molecular formula is C8H11ClN2S. The van der Waals surface area contributed by atoms with Gasteiger partial charge in [-0.25, -0.2) is 4.98 Å². The Labute approximate surface area is 81.4 Å². The first-order chi connectivity index (χ1) is 5.74. The lowest BCUT2D eigenvalue weighted by atomic mass is 10.4. The van der Waals surface area contributed by atoms with Crippen LogP contribution in [0.2, 0.25) is 0 Å². The van der Waals surface area contributed by atoms with Gasteiger partial charge >= 0.3 is 0 Å². The van der Waals surface area contributed by atoms with Crippen LogP contribution in [0.15, 0.2) is 16.8 Å². The second kappa shape index (κ2) is 4.58. The van der Waals surface area contributed by atoms with Gasteiger partial charge in [0.2, 0.25) is 0 Å². The lowest BCUT2D eigenvalue weighted by Gasteiger charge is -1.88. The van der Waals surface area contributed by atoms with Gasteiger partial charge in [0, 0.05) is 17.0 Å². The van der Waals surface area contributed by atoms with Crippen molar-refractivity contribution in [3.05, 3.63) is 23.0 Å². The molecule has 12 heavy (non-hydrogen) atoms. The quantitative estimate of drug-likeness (QED) is 0.764. The van der Waals surface area contributed by atoms with Crippen molar-refractivity contribution in [2.24, 2.45) is 0 Å². The van der Waals surface area contributed by atoms with Gasteiger partial charge in [0.05, 0.1) is 5.69 Å². The predicted octanol–water partition coefficient (Wildman–Crippen LogP) is 2.87. The molecule has 1 aromatic heterocycles. The number of aromatic nitrogens is 2. The van der Waals surface area contributed by atoms with Crippen molar-refractivity contribution in [1.82, 2.24) is 9.97 Å². The number of H-pyrrole nitrogens is 1. The number of halogens is 1. The number of aryl methyl sites for hydroxylation is 2. The summed E-state index contributed by atoms with van der Waals surface area (Å²) in [6.45, 7) is 4.01. The zero-order chi connectivity index (χ0) is 8.97. The lowest BCUT2D eigenvalue weighted by Crippen LogP contribution is -1.76. The van der Waals surface area contributed by atoms with Crippen molar-refractivity contribution in [3.63, 3.8) is 0 Å². The van der Waals surface area contributed by atoms with Crippen molar-refractivity contribution < 1.29 is 0 Å². The molecule has 2 nitrogen and oxygen atoms in total. The molecule has 0 fully saturated rings. The Morgan fingerprint density at radius 3 is 2.83 bits per heavy atom. The number of nitrogens with one attached hydrogen (secondary N) is 1.